The van der Waals surface area contributed by atoms with Crippen molar-refractivity contribution in [3.05, 3.63) is 54.3 Å². The van der Waals surface area contributed by atoms with Crippen LogP contribution in [0.1, 0.15) is 23.4 Å². The third-order valence-corrected chi connectivity index (χ3v) is 4.29. The number of halogens is 1. The van der Waals surface area contributed by atoms with Crippen LogP contribution in [0, 0.1) is 5.82 Å². The first kappa shape index (κ1) is 15.6. The van der Waals surface area contributed by atoms with Crippen molar-refractivity contribution in [3.63, 3.8) is 0 Å². The second-order valence-corrected chi connectivity index (χ2v) is 6.10. The van der Waals surface area contributed by atoms with Crippen molar-refractivity contribution >= 4 is 22.8 Å². The highest BCUT2D eigenvalue weighted by Gasteiger charge is 2.24. The van der Waals surface area contributed by atoms with E-state index < -0.39 is 0 Å². The van der Waals surface area contributed by atoms with E-state index in [4.69, 9.17) is 4.42 Å². The molecule has 7 heteroatoms. The van der Waals surface area contributed by atoms with Crippen LogP contribution in [-0.2, 0) is 0 Å². The normalized spacial score (nSPS) is 17.6. The molecule has 0 saturated carbocycles. The minimum atomic E-state index is -0.356. The van der Waals surface area contributed by atoms with Gasteiger partial charge in [-0.3, -0.25) is 4.79 Å². The van der Waals surface area contributed by atoms with Crippen LogP contribution >= 0.6 is 0 Å². The smallest absolute Gasteiger partial charge is 0.287 e. The van der Waals surface area contributed by atoms with E-state index >= 15 is 0 Å². The van der Waals surface area contributed by atoms with Crippen LogP contribution < -0.4 is 10.2 Å². The Balaban J connectivity index is 1.46. The Bertz CT molecular complexity index is 896. The molecule has 0 unspecified atom stereocenters. The number of carbonyl (C=O) groups is 1. The average molecular weight is 340 g/mol. The van der Waals surface area contributed by atoms with Crippen LogP contribution in [0.4, 0.5) is 10.3 Å². The van der Waals surface area contributed by atoms with Gasteiger partial charge in [0.05, 0.1) is 0 Å². The number of aromatic nitrogens is 2. The number of nitrogens with zero attached hydrogens (tertiary/aromatic N) is 3. The van der Waals surface area contributed by atoms with Gasteiger partial charge in [-0.15, -0.1) is 0 Å². The lowest BCUT2D eigenvalue weighted by Gasteiger charge is -2.32. The van der Waals surface area contributed by atoms with Gasteiger partial charge in [0.25, 0.3) is 5.91 Å². The number of rotatable bonds is 3. The molecule has 0 spiro atoms. The Morgan fingerprint density at radius 3 is 2.96 bits per heavy atom. The fraction of sp³-hybridized carbons (Fsp3) is 0.278. The molecule has 1 amide bonds. The third-order valence-electron chi connectivity index (χ3n) is 4.29. The topological polar surface area (TPSA) is 71.3 Å². The van der Waals surface area contributed by atoms with Gasteiger partial charge in [-0.25, -0.2) is 14.4 Å². The molecule has 1 atom stereocenters. The van der Waals surface area contributed by atoms with E-state index in [1.165, 1.54) is 18.2 Å². The number of fused-ring (bicyclic) bond motifs is 1. The molecular formula is C18H17FN4O2. The molecule has 0 radical (unpaired) electrons. The lowest BCUT2D eigenvalue weighted by molar-refractivity contribution is 0.0907. The monoisotopic (exact) mass is 340 g/mol. The summed E-state index contributed by atoms with van der Waals surface area (Å²) in [4.78, 5) is 23.0. The molecule has 128 valence electrons. The van der Waals surface area contributed by atoms with E-state index in [2.05, 4.69) is 20.2 Å². The molecule has 6 nitrogen and oxygen atoms in total. The predicted octanol–water partition coefficient (Wildman–Crippen LogP) is 2.76. The Kier molecular flexibility index (Phi) is 4.05. The molecule has 1 aromatic carbocycles. The summed E-state index contributed by atoms with van der Waals surface area (Å²) in [7, 11) is 0. The van der Waals surface area contributed by atoms with Crippen molar-refractivity contribution < 1.29 is 13.6 Å². The fourth-order valence-corrected chi connectivity index (χ4v) is 3.11. The Morgan fingerprint density at radius 2 is 2.12 bits per heavy atom. The van der Waals surface area contributed by atoms with Crippen LogP contribution in [0.5, 0.6) is 0 Å². The SMILES string of the molecule is O=C(N[C@H]1CCCN(c2ncccn2)C1)c1cc2cc(F)ccc2o1. The maximum atomic E-state index is 13.3. The summed E-state index contributed by atoms with van der Waals surface area (Å²) in [5, 5.41) is 3.56. The van der Waals surface area contributed by atoms with Gasteiger partial charge in [-0.1, -0.05) is 0 Å². The number of carbonyl (C=O) groups excluding carboxylic acids is 1. The number of furan rings is 1. The third kappa shape index (κ3) is 3.31. The van der Waals surface area contributed by atoms with Crippen molar-refractivity contribution in [2.75, 3.05) is 18.0 Å². The summed E-state index contributed by atoms with van der Waals surface area (Å²) >= 11 is 0. The first-order valence-electron chi connectivity index (χ1n) is 8.21. The molecule has 2 aromatic heterocycles. The summed E-state index contributed by atoms with van der Waals surface area (Å²) in [5.41, 5.74) is 0.495. The molecule has 25 heavy (non-hydrogen) atoms. The summed E-state index contributed by atoms with van der Waals surface area (Å²) in [6, 6.07) is 7.51. The summed E-state index contributed by atoms with van der Waals surface area (Å²) in [6.07, 6.45) is 5.23. The van der Waals surface area contributed by atoms with E-state index in [9.17, 15) is 9.18 Å². The zero-order valence-electron chi connectivity index (χ0n) is 13.5. The van der Waals surface area contributed by atoms with Crippen molar-refractivity contribution in [2.45, 2.75) is 18.9 Å². The number of anilines is 1. The molecule has 3 aromatic rings. The lowest BCUT2D eigenvalue weighted by atomic mass is 10.1. The zero-order chi connectivity index (χ0) is 17.2. The maximum absolute atomic E-state index is 13.3. The van der Waals surface area contributed by atoms with Gasteiger partial charge in [0.2, 0.25) is 5.95 Å². The lowest BCUT2D eigenvalue weighted by Crippen LogP contribution is -2.48. The quantitative estimate of drug-likeness (QED) is 0.794. The largest absolute Gasteiger partial charge is 0.451 e. The van der Waals surface area contributed by atoms with E-state index in [1.807, 2.05) is 0 Å². The Morgan fingerprint density at radius 1 is 1.28 bits per heavy atom. The van der Waals surface area contributed by atoms with E-state index in [-0.39, 0.29) is 23.5 Å². The van der Waals surface area contributed by atoms with E-state index in [1.54, 1.807) is 24.5 Å². The Hall–Kier alpha value is -2.96. The van der Waals surface area contributed by atoms with Crippen molar-refractivity contribution in [1.29, 1.82) is 0 Å². The molecule has 1 aliphatic heterocycles. The second-order valence-electron chi connectivity index (χ2n) is 6.10. The van der Waals surface area contributed by atoms with Crippen LogP contribution in [0.25, 0.3) is 11.0 Å². The predicted molar refractivity (Wildman–Crippen MR) is 90.9 cm³/mol. The van der Waals surface area contributed by atoms with Crippen molar-refractivity contribution in [1.82, 2.24) is 15.3 Å². The van der Waals surface area contributed by atoms with Crippen LogP contribution in [-0.4, -0.2) is 35.0 Å². The van der Waals surface area contributed by atoms with Crippen LogP contribution in [0.3, 0.4) is 0 Å². The second kappa shape index (κ2) is 6.51. The fourth-order valence-electron chi connectivity index (χ4n) is 3.11. The van der Waals surface area contributed by atoms with Gasteiger partial charge in [0.15, 0.2) is 5.76 Å². The van der Waals surface area contributed by atoms with E-state index in [0.29, 0.717) is 23.5 Å². The highest BCUT2D eigenvalue weighted by atomic mass is 19.1. The average Bonchev–Trinajstić information content (AvgIpc) is 3.06. The first-order valence-corrected chi connectivity index (χ1v) is 8.21. The van der Waals surface area contributed by atoms with Crippen LogP contribution in [0.15, 0.2) is 47.1 Å². The molecule has 0 bridgehead atoms. The molecule has 1 aliphatic rings. The summed E-state index contributed by atoms with van der Waals surface area (Å²) < 4.78 is 18.8. The Labute approximate surface area is 143 Å². The molecule has 1 saturated heterocycles. The minimum Gasteiger partial charge on any atom is -0.451 e. The van der Waals surface area contributed by atoms with Gasteiger partial charge >= 0.3 is 0 Å². The molecule has 0 aliphatic carbocycles. The molecule has 3 heterocycles. The van der Waals surface area contributed by atoms with Gasteiger partial charge in [-0.2, -0.15) is 0 Å². The van der Waals surface area contributed by atoms with Gasteiger partial charge in [0.1, 0.15) is 11.4 Å². The zero-order valence-corrected chi connectivity index (χ0v) is 13.5. The standard InChI is InChI=1S/C18H17FN4O2/c19-13-4-5-15-12(9-13)10-16(25-15)17(24)22-14-3-1-8-23(11-14)18-20-6-2-7-21-18/h2,4-7,9-10,14H,1,3,8,11H2,(H,22,24)/t14-/m0/s1. The number of nitrogens with one attached hydrogen (secondary N) is 1. The number of hydrogen-bond acceptors (Lipinski definition) is 5. The number of piperidine rings is 1. The molecule has 1 N–H and O–H groups in total. The highest BCUT2D eigenvalue weighted by molar-refractivity contribution is 5.96. The summed E-state index contributed by atoms with van der Waals surface area (Å²) in [5.74, 6) is 0.206. The van der Waals surface area contributed by atoms with Gasteiger partial charge < -0.3 is 14.6 Å². The van der Waals surface area contributed by atoms with Crippen LogP contribution in [0.2, 0.25) is 0 Å². The molecule has 1 fully saturated rings. The minimum absolute atomic E-state index is 0.0185. The molecule has 4 rings (SSSR count). The van der Waals surface area contributed by atoms with E-state index in [0.717, 1.165) is 19.4 Å². The summed E-state index contributed by atoms with van der Waals surface area (Å²) in [6.45, 7) is 1.50. The first-order chi connectivity index (χ1) is 12.2. The maximum Gasteiger partial charge on any atom is 0.287 e. The number of hydrogen-bond donors (Lipinski definition) is 1. The number of amides is 1. The van der Waals surface area contributed by atoms with Crippen molar-refractivity contribution in [2.24, 2.45) is 0 Å². The van der Waals surface area contributed by atoms with Gasteiger partial charge in [0, 0.05) is 36.9 Å². The van der Waals surface area contributed by atoms with Crippen molar-refractivity contribution in [3.8, 4) is 0 Å². The van der Waals surface area contributed by atoms with Gasteiger partial charge in [-0.05, 0) is 43.2 Å². The molecular weight excluding hydrogens is 323 g/mol. The highest BCUT2D eigenvalue weighted by Crippen LogP contribution is 2.21. The number of benzene rings is 1.